The molecule has 38 heavy (non-hydrogen) atoms. The fraction of sp³-hybridized carbons (Fsp3) is 0.571. The van der Waals surface area contributed by atoms with Crippen LogP contribution in [-0.4, -0.2) is 76.3 Å². The fourth-order valence-corrected chi connectivity index (χ4v) is 5.67. The second-order valence-electron chi connectivity index (χ2n) is 11.0. The molecule has 206 valence electrons. The van der Waals surface area contributed by atoms with E-state index in [2.05, 4.69) is 5.94 Å². The van der Waals surface area contributed by atoms with Crippen LogP contribution in [0.5, 0.6) is 0 Å². The van der Waals surface area contributed by atoms with Crippen molar-refractivity contribution in [3.05, 3.63) is 40.5 Å². The number of methoxy groups -OCH3 is 1. The molecule has 0 bridgehead atoms. The summed E-state index contributed by atoms with van der Waals surface area (Å²) < 4.78 is 13.0. The molecule has 4 rings (SSSR count). The minimum atomic E-state index is -0.737. The van der Waals surface area contributed by atoms with Crippen molar-refractivity contribution in [2.45, 2.75) is 71.1 Å². The van der Waals surface area contributed by atoms with E-state index in [-0.39, 0.29) is 5.91 Å². The van der Waals surface area contributed by atoms with Crippen LogP contribution in [0.3, 0.4) is 0 Å². The first-order valence-corrected chi connectivity index (χ1v) is 13.9. The van der Waals surface area contributed by atoms with E-state index in [4.69, 9.17) is 19.3 Å². The zero-order valence-corrected chi connectivity index (χ0v) is 24.0. The van der Waals surface area contributed by atoms with Crippen molar-refractivity contribution in [3.8, 4) is 0 Å². The molecule has 0 unspecified atom stereocenters. The monoisotopic (exact) mass is 542 g/mol. The molecule has 0 N–H and O–H groups in total. The lowest BCUT2D eigenvalue weighted by Crippen LogP contribution is -2.42. The molecule has 9 nitrogen and oxygen atoms in total. The van der Waals surface area contributed by atoms with E-state index < -0.39 is 11.2 Å². The van der Waals surface area contributed by atoms with E-state index in [9.17, 15) is 9.59 Å². The van der Waals surface area contributed by atoms with E-state index in [1.807, 2.05) is 63.5 Å². The van der Waals surface area contributed by atoms with E-state index in [0.717, 1.165) is 47.2 Å². The Morgan fingerprint density at radius 2 is 2.11 bits per heavy atom. The molecule has 1 amide bonds. The number of fused-ring (bicyclic) bond motifs is 3. The van der Waals surface area contributed by atoms with Gasteiger partial charge in [0.25, 0.3) is 5.91 Å². The Bertz CT molecular complexity index is 1330. The lowest BCUT2D eigenvalue weighted by atomic mass is 9.98. The van der Waals surface area contributed by atoms with E-state index >= 15 is 0 Å². The predicted molar refractivity (Wildman–Crippen MR) is 148 cm³/mol. The average Bonchev–Trinajstić information content (AvgIpc) is 3.56. The standard InChI is InChI=1S/C28H38N4O5S/c1-27(2,3)37-32(24(19-33)28(4)12-9-15-36-28)17-20-10-11-21-22(16-20)31-18-23(38-26(31)29-21)25(34)30(5)13-7-8-14-35-6/h10-11,16,18H,7-9,12-15,17H2,1-6H3/t28-/m1/s1. The van der Waals surface area contributed by atoms with Crippen LogP contribution in [-0.2, 0) is 25.7 Å². The first-order chi connectivity index (χ1) is 18.0. The van der Waals surface area contributed by atoms with Gasteiger partial charge in [-0.2, -0.15) is 0 Å². The largest absolute Gasteiger partial charge is 0.385 e. The van der Waals surface area contributed by atoms with Crippen LogP contribution in [0.4, 0.5) is 0 Å². The zero-order chi connectivity index (χ0) is 27.5. The first-order valence-electron chi connectivity index (χ1n) is 13.1. The number of hydrogen-bond donors (Lipinski definition) is 0. The van der Waals surface area contributed by atoms with Gasteiger partial charge in [-0.25, -0.2) is 14.8 Å². The summed E-state index contributed by atoms with van der Waals surface area (Å²) in [7, 11) is 3.51. The number of aromatic nitrogens is 2. The summed E-state index contributed by atoms with van der Waals surface area (Å²) in [6.45, 7) is 10.1. The van der Waals surface area contributed by atoms with Crippen LogP contribution in [0.25, 0.3) is 16.0 Å². The summed E-state index contributed by atoms with van der Waals surface area (Å²) >= 11 is 1.38. The van der Waals surface area contributed by atoms with Gasteiger partial charge in [0.1, 0.15) is 10.5 Å². The van der Waals surface area contributed by atoms with Gasteiger partial charge in [0.15, 0.2) is 16.6 Å². The highest BCUT2D eigenvalue weighted by atomic mass is 32.1. The zero-order valence-electron chi connectivity index (χ0n) is 23.2. The third kappa shape index (κ3) is 6.27. The van der Waals surface area contributed by atoms with Crippen molar-refractivity contribution in [2.24, 2.45) is 0 Å². The highest BCUT2D eigenvalue weighted by molar-refractivity contribution is 7.18. The maximum atomic E-state index is 13.0. The summed E-state index contributed by atoms with van der Waals surface area (Å²) in [5.74, 6) is 2.10. The Labute approximate surface area is 227 Å². The summed E-state index contributed by atoms with van der Waals surface area (Å²) in [5.41, 5.74) is 1.77. The lowest BCUT2D eigenvalue weighted by Gasteiger charge is -2.37. The molecule has 0 radical (unpaired) electrons. The molecule has 1 aromatic carbocycles. The summed E-state index contributed by atoms with van der Waals surface area (Å²) in [6, 6.07) is 5.98. The first kappa shape index (κ1) is 28.3. The van der Waals surface area contributed by atoms with Crippen LogP contribution in [0.1, 0.15) is 68.6 Å². The van der Waals surface area contributed by atoms with Crippen molar-refractivity contribution in [2.75, 3.05) is 33.9 Å². The third-order valence-electron chi connectivity index (χ3n) is 6.59. The second kappa shape index (κ2) is 11.6. The summed E-state index contributed by atoms with van der Waals surface area (Å²) in [5, 5.41) is 1.62. The van der Waals surface area contributed by atoms with Crippen molar-refractivity contribution in [1.29, 1.82) is 0 Å². The van der Waals surface area contributed by atoms with E-state index in [0.29, 0.717) is 36.9 Å². The smallest absolute Gasteiger partial charge is 0.265 e. The molecule has 1 atom stereocenters. The molecule has 0 spiro atoms. The van der Waals surface area contributed by atoms with Crippen LogP contribution < -0.4 is 0 Å². The van der Waals surface area contributed by atoms with Crippen LogP contribution in [0, 0.1) is 0 Å². The number of rotatable bonds is 11. The van der Waals surface area contributed by atoms with Gasteiger partial charge in [0.2, 0.25) is 0 Å². The molecule has 0 aliphatic carbocycles. The second-order valence-corrected chi connectivity index (χ2v) is 12.0. The van der Waals surface area contributed by atoms with Gasteiger partial charge in [0.05, 0.1) is 23.2 Å². The topological polar surface area (TPSA) is 85.6 Å². The van der Waals surface area contributed by atoms with E-state index in [1.165, 1.54) is 11.3 Å². The predicted octanol–water partition coefficient (Wildman–Crippen LogP) is 4.86. The van der Waals surface area contributed by atoms with Gasteiger partial charge >= 0.3 is 0 Å². The molecule has 10 heteroatoms. The Morgan fingerprint density at radius 3 is 2.76 bits per heavy atom. The number of carbonyl (C=O) groups excluding carboxylic acids is 2. The maximum Gasteiger partial charge on any atom is 0.265 e. The quantitative estimate of drug-likeness (QED) is 0.194. The number of thiazole rings is 1. The number of imidazole rings is 1. The minimum absolute atomic E-state index is 0.0162. The molecular weight excluding hydrogens is 504 g/mol. The number of ether oxygens (including phenoxy) is 2. The fourth-order valence-electron chi connectivity index (χ4n) is 4.68. The number of carbonyl (C=O) groups is 1. The Kier molecular flexibility index (Phi) is 8.59. The number of unbranched alkanes of at least 4 members (excludes halogenated alkanes) is 1. The molecule has 1 aliphatic heterocycles. The Hall–Kier alpha value is -2.75. The maximum absolute atomic E-state index is 13.0. The van der Waals surface area contributed by atoms with Crippen molar-refractivity contribution < 1.29 is 23.9 Å². The number of hydrogen-bond acceptors (Lipinski definition) is 8. The van der Waals surface area contributed by atoms with Gasteiger partial charge in [0, 0.05) is 40.1 Å². The van der Waals surface area contributed by atoms with Crippen LogP contribution in [0.2, 0.25) is 0 Å². The molecule has 2 aromatic heterocycles. The van der Waals surface area contributed by atoms with Gasteiger partial charge in [-0.1, -0.05) is 17.4 Å². The van der Waals surface area contributed by atoms with Gasteiger partial charge in [-0.3, -0.25) is 14.0 Å². The Balaban J connectivity index is 1.60. The molecule has 1 fully saturated rings. The van der Waals surface area contributed by atoms with Gasteiger partial charge in [-0.05, 0) is 71.1 Å². The van der Waals surface area contributed by atoms with Crippen molar-refractivity contribution >= 4 is 39.2 Å². The van der Waals surface area contributed by atoms with Crippen LogP contribution in [0.15, 0.2) is 30.1 Å². The molecule has 1 saturated heterocycles. The molecule has 1 aliphatic rings. The van der Waals surface area contributed by atoms with Crippen molar-refractivity contribution in [3.63, 3.8) is 0 Å². The SMILES string of the molecule is COCCCCN(C)C(=O)c1cn2c(nc3ccc(CN(OC(C)(C)C)C(=C=O)[C@@]4(C)CCCO4)cc32)s1. The number of benzene rings is 1. The summed E-state index contributed by atoms with van der Waals surface area (Å²) in [4.78, 5) is 39.3. The highest BCUT2D eigenvalue weighted by Gasteiger charge is 2.40. The van der Waals surface area contributed by atoms with E-state index in [1.54, 1.807) is 17.1 Å². The lowest BCUT2D eigenvalue weighted by molar-refractivity contribution is -0.225. The molecule has 3 heterocycles. The summed E-state index contributed by atoms with van der Waals surface area (Å²) in [6.07, 6.45) is 5.28. The number of nitrogens with zero attached hydrogens (tertiary/aromatic N) is 4. The van der Waals surface area contributed by atoms with Crippen molar-refractivity contribution in [1.82, 2.24) is 19.3 Å². The average molecular weight is 543 g/mol. The molecule has 0 saturated carbocycles. The molecule has 3 aromatic rings. The van der Waals surface area contributed by atoms with Crippen LogP contribution >= 0.6 is 11.3 Å². The van der Waals surface area contributed by atoms with Gasteiger partial charge < -0.3 is 14.4 Å². The third-order valence-corrected chi connectivity index (χ3v) is 7.57. The highest BCUT2D eigenvalue weighted by Crippen LogP contribution is 2.35. The number of amides is 1. The number of hydroxylamine groups is 2. The normalized spacial score (nSPS) is 17.7. The van der Waals surface area contributed by atoms with Gasteiger partial charge in [-0.15, -0.1) is 0 Å². The Morgan fingerprint density at radius 1 is 1.32 bits per heavy atom. The minimum Gasteiger partial charge on any atom is -0.385 e. The molecular formula is C28H38N4O5S.